The van der Waals surface area contributed by atoms with Crippen molar-refractivity contribution in [3.05, 3.63) is 60.8 Å². The van der Waals surface area contributed by atoms with Crippen LogP contribution in [0.2, 0.25) is 0 Å². The van der Waals surface area contributed by atoms with Gasteiger partial charge in [-0.1, -0.05) is 80.5 Å². The number of carbonyl (C=O) groups excluding carboxylic acids is 2. The molecule has 6 heteroatoms. The van der Waals surface area contributed by atoms with Crippen molar-refractivity contribution in [3.63, 3.8) is 0 Å². The molecule has 5 nitrogen and oxygen atoms in total. The molecule has 0 rings (SSSR count). The maximum absolute atomic E-state index is 11.3. The Morgan fingerprint density at radius 2 is 1.59 bits per heavy atom. The number of aliphatic hydroxyl groups is 1. The van der Waals surface area contributed by atoms with Crippen molar-refractivity contribution in [1.82, 2.24) is 0 Å². The Morgan fingerprint density at radius 3 is 2.32 bits per heavy atom. The number of hydrogen-bond acceptors (Lipinski definition) is 6. The second-order valence-electron chi connectivity index (χ2n) is 7.81. The van der Waals surface area contributed by atoms with Gasteiger partial charge in [-0.2, -0.15) is 11.8 Å². The third-order valence-electron chi connectivity index (χ3n) is 4.94. The minimum absolute atomic E-state index is 0.0775. The third-order valence-corrected chi connectivity index (χ3v) is 6.27. The van der Waals surface area contributed by atoms with Crippen LogP contribution in [0.4, 0.5) is 0 Å². The molecule has 0 heterocycles. The molecule has 0 aliphatic rings. The Hall–Kier alpha value is -2.05. The van der Waals surface area contributed by atoms with Gasteiger partial charge in [-0.15, -0.1) is 0 Å². The zero-order valence-corrected chi connectivity index (χ0v) is 22.0. The van der Waals surface area contributed by atoms with E-state index in [0.29, 0.717) is 19.3 Å². The normalized spacial score (nSPS) is 14.1. The van der Waals surface area contributed by atoms with E-state index in [1.807, 2.05) is 36.5 Å². The van der Waals surface area contributed by atoms with E-state index in [-0.39, 0.29) is 23.6 Å². The fourth-order valence-corrected chi connectivity index (χ4v) is 4.04. The minimum atomic E-state index is -0.549. The molecule has 34 heavy (non-hydrogen) atoms. The smallest absolute Gasteiger partial charge is 0.309 e. The van der Waals surface area contributed by atoms with Gasteiger partial charge in [-0.3, -0.25) is 9.59 Å². The largest absolute Gasteiger partial charge is 0.469 e. The summed E-state index contributed by atoms with van der Waals surface area (Å²) in [5.41, 5.74) is 0. The van der Waals surface area contributed by atoms with Gasteiger partial charge in [0.1, 0.15) is 0 Å². The van der Waals surface area contributed by atoms with Crippen LogP contribution in [0, 0.1) is 0 Å². The first-order valence-corrected chi connectivity index (χ1v) is 13.3. The molecule has 0 spiro atoms. The van der Waals surface area contributed by atoms with Crippen LogP contribution >= 0.6 is 11.8 Å². The number of carbonyl (C=O) groups is 2. The van der Waals surface area contributed by atoms with Gasteiger partial charge < -0.3 is 14.6 Å². The van der Waals surface area contributed by atoms with Crippen LogP contribution in [0.3, 0.4) is 0 Å². The van der Waals surface area contributed by atoms with Crippen LogP contribution in [0.5, 0.6) is 0 Å². The Labute approximate surface area is 211 Å². The number of hydrogen-bond donors (Lipinski definition) is 1. The Kier molecular flexibility index (Phi) is 22.6. The van der Waals surface area contributed by atoms with E-state index in [1.165, 1.54) is 33.5 Å². The number of aliphatic hydroxyl groups excluding tert-OH is 1. The predicted octanol–water partition coefficient (Wildman–Crippen LogP) is 6.50. The number of allylic oxidation sites excluding steroid dienone is 8. The lowest BCUT2D eigenvalue weighted by atomic mass is 10.1. The van der Waals surface area contributed by atoms with Crippen LogP contribution in [0.15, 0.2) is 60.8 Å². The lowest BCUT2D eigenvalue weighted by Gasteiger charge is -2.19. The van der Waals surface area contributed by atoms with Gasteiger partial charge in [0.2, 0.25) is 0 Å². The first-order valence-electron chi connectivity index (χ1n) is 12.3. The summed E-state index contributed by atoms with van der Waals surface area (Å²) in [5, 5.41) is 10.6. The van der Waals surface area contributed by atoms with E-state index in [2.05, 4.69) is 34.6 Å². The first kappa shape index (κ1) is 31.9. The number of methoxy groups -OCH3 is 2. The molecule has 0 fully saturated rings. The molecule has 0 saturated carbocycles. The van der Waals surface area contributed by atoms with Crippen molar-refractivity contribution in [2.45, 2.75) is 82.5 Å². The molecule has 2 atom stereocenters. The van der Waals surface area contributed by atoms with E-state index >= 15 is 0 Å². The first-order chi connectivity index (χ1) is 16.5. The molecule has 0 radical (unpaired) electrons. The van der Waals surface area contributed by atoms with E-state index in [9.17, 15) is 14.7 Å². The lowest BCUT2D eigenvalue weighted by molar-refractivity contribution is -0.141. The van der Waals surface area contributed by atoms with Crippen molar-refractivity contribution >= 4 is 23.7 Å². The summed E-state index contributed by atoms with van der Waals surface area (Å²) in [5.74, 6) is 0.303. The van der Waals surface area contributed by atoms with Crippen molar-refractivity contribution in [1.29, 1.82) is 0 Å². The van der Waals surface area contributed by atoms with Crippen LogP contribution in [0.25, 0.3) is 0 Å². The summed E-state index contributed by atoms with van der Waals surface area (Å²) >= 11 is 1.66. The summed E-state index contributed by atoms with van der Waals surface area (Å²) in [6.45, 7) is 2.22. The van der Waals surface area contributed by atoms with Crippen molar-refractivity contribution < 1.29 is 24.2 Å². The van der Waals surface area contributed by atoms with Gasteiger partial charge in [-0.25, -0.2) is 0 Å². The molecular weight excluding hydrogens is 448 g/mol. The highest BCUT2D eigenvalue weighted by molar-refractivity contribution is 8.00. The maximum atomic E-state index is 11.3. The summed E-state index contributed by atoms with van der Waals surface area (Å²) in [6, 6.07) is 0. The van der Waals surface area contributed by atoms with E-state index < -0.39 is 6.10 Å². The summed E-state index contributed by atoms with van der Waals surface area (Å²) in [4.78, 5) is 22.5. The van der Waals surface area contributed by atoms with Crippen LogP contribution < -0.4 is 0 Å². The molecule has 0 aromatic rings. The van der Waals surface area contributed by atoms with Gasteiger partial charge in [0.05, 0.1) is 26.7 Å². The molecular formula is C28H44O5S. The second kappa shape index (κ2) is 24.1. The second-order valence-corrected chi connectivity index (χ2v) is 9.10. The van der Waals surface area contributed by atoms with Crippen LogP contribution in [0.1, 0.15) is 71.1 Å². The number of unbranched alkanes of at least 4 members (excludes halogenated alkanes) is 3. The maximum Gasteiger partial charge on any atom is 0.309 e. The van der Waals surface area contributed by atoms with E-state index in [0.717, 1.165) is 25.0 Å². The Balaban J connectivity index is 4.55. The van der Waals surface area contributed by atoms with Gasteiger partial charge in [-0.05, 0) is 44.3 Å². The SMILES string of the molecule is CCCCC/C=C\C\C=C/C=C/C=C/[C@@H](SCC/C=C/CC(=O)OC)[C@@H](O)CCCC(=O)OC. The van der Waals surface area contributed by atoms with Crippen molar-refractivity contribution in [2.24, 2.45) is 0 Å². The summed E-state index contributed by atoms with van der Waals surface area (Å²) in [6.07, 6.45) is 28.1. The standard InChI is InChI=1S/C28H44O5S/c1-4-5-6-7-8-9-10-11-12-13-14-16-21-26(25(29)20-19-23-28(31)33-3)34-24-18-15-17-22-27(30)32-2/h8-9,11-17,21,25-26,29H,4-7,10,18-20,22-24H2,1-3H3/b9-8-,12-11-,14-13+,17-15+,21-16+/t25-,26+/m0/s1. The predicted molar refractivity (Wildman–Crippen MR) is 144 cm³/mol. The molecule has 0 aromatic heterocycles. The van der Waals surface area contributed by atoms with Gasteiger partial charge in [0, 0.05) is 11.7 Å². The number of rotatable bonds is 20. The van der Waals surface area contributed by atoms with Crippen LogP contribution in [-0.2, 0) is 19.1 Å². The Bertz CT molecular complexity index is 664. The number of thioether (sulfide) groups is 1. The fourth-order valence-electron chi connectivity index (χ4n) is 2.93. The number of ether oxygens (including phenoxy) is 2. The van der Waals surface area contributed by atoms with Crippen molar-refractivity contribution in [2.75, 3.05) is 20.0 Å². The molecule has 0 amide bonds. The number of esters is 2. The average molecular weight is 493 g/mol. The van der Waals surface area contributed by atoms with E-state index in [4.69, 9.17) is 0 Å². The molecule has 192 valence electrons. The average Bonchev–Trinajstić information content (AvgIpc) is 2.84. The highest BCUT2D eigenvalue weighted by Crippen LogP contribution is 2.21. The molecule has 0 aliphatic heterocycles. The molecule has 1 N–H and O–H groups in total. The highest BCUT2D eigenvalue weighted by Gasteiger charge is 2.17. The van der Waals surface area contributed by atoms with Crippen molar-refractivity contribution in [3.8, 4) is 0 Å². The molecule has 0 aliphatic carbocycles. The third kappa shape index (κ3) is 20.5. The van der Waals surface area contributed by atoms with Gasteiger partial charge in [0.25, 0.3) is 0 Å². The fraction of sp³-hybridized carbons (Fsp3) is 0.571. The Morgan fingerprint density at radius 1 is 0.853 bits per heavy atom. The lowest BCUT2D eigenvalue weighted by Crippen LogP contribution is -2.22. The summed E-state index contributed by atoms with van der Waals surface area (Å²) < 4.78 is 9.28. The summed E-state index contributed by atoms with van der Waals surface area (Å²) in [7, 11) is 2.75. The van der Waals surface area contributed by atoms with Crippen LogP contribution in [-0.4, -0.2) is 48.4 Å². The van der Waals surface area contributed by atoms with Gasteiger partial charge in [0.15, 0.2) is 0 Å². The van der Waals surface area contributed by atoms with Gasteiger partial charge >= 0.3 is 11.9 Å². The quantitative estimate of drug-likeness (QED) is 0.0905. The minimum Gasteiger partial charge on any atom is -0.469 e. The molecule has 0 bridgehead atoms. The monoisotopic (exact) mass is 492 g/mol. The molecule has 0 aromatic carbocycles. The molecule has 0 saturated heterocycles. The topological polar surface area (TPSA) is 72.8 Å². The zero-order valence-electron chi connectivity index (χ0n) is 21.2. The highest BCUT2D eigenvalue weighted by atomic mass is 32.2. The zero-order chi connectivity index (χ0) is 25.3. The van der Waals surface area contributed by atoms with E-state index in [1.54, 1.807) is 17.8 Å². The molecule has 0 unspecified atom stereocenters.